The number of nitrogens with one attached hydrogen (secondary N) is 1. The highest BCUT2D eigenvalue weighted by Gasteiger charge is 2.34. The second-order valence-corrected chi connectivity index (χ2v) is 12.2. The Morgan fingerprint density at radius 2 is 1.67 bits per heavy atom. The van der Waals surface area contributed by atoms with Gasteiger partial charge in [0, 0.05) is 11.8 Å². The van der Waals surface area contributed by atoms with Crippen molar-refractivity contribution in [2.24, 2.45) is 5.92 Å². The summed E-state index contributed by atoms with van der Waals surface area (Å²) in [6.07, 6.45) is 1.52. The van der Waals surface area contributed by atoms with E-state index in [2.05, 4.69) is 15.3 Å². The van der Waals surface area contributed by atoms with Gasteiger partial charge in [0.25, 0.3) is 5.91 Å². The normalized spacial score (nSPS) is 20.9. The fourth-order valence-corrected chi connectivity index (χ4v) is 5.79. The molecule has 1 aliphatic carbocycles. The van der Waals surface area contributed by atoms with Gasteiger partial charge in [-0.25, -0.2) is 27.2 Å². The quantitative estimate of drug-likeness (QED) is 0.354. The third-order valence-corrected chi connectivity index (χ3v) is 8.56. The first-order valence-corrected chi connectivity index (χ1v) is 14.7. The monoisotopic (exact) mass is 543 g/mol. The number of halogens is 2. The first kappa shape index (κ1) is 28.0. The second kappa shape index (κ2) is 11.7. The lowest BCUT2D eigenvalue weighted by atomic mass is 9.98. The van der Waals surface area contributed by atoms with Crippen molar-refractivity contribution in [1.82, 2.24) is 9.97 Å². The van der Waals surface area contributed by atoms with Crippen LogP contribution in [0.2, 0.25) is 0 Å². The summed E-state index contributed by atoms with van der Waals surface area (Å²) in [5.74, 6) is -1.14. The molecule has 1 N–H and O–H groups in total. The van der Waals surface area contributed by atoms with Gasteiger partial charge in [-0.05, 0) is 50.3 Å². The number of carbonyl (C=O) groups excluding carboxylic acids is 1. The van der Waals surface area contributed by atoms with Gasteiger partial charge >= 0.3 is 7.60 Å². The number of carbonyl (C=O) groups is 1. The van der Waals surface area contributed by atoms with Gasteiger partial charge in [0.05, 0.1) is 30.5 Å². The average molecular weight is 544 g/mol. The molecule has 1 fully saturated rings. The van der Waals surface area contributed by atoms with Crippen molar-refractivity contribution in [1.29, 1.82) is 0 Å². The number of sulfone groups is 1. The zero-order valence-corrected chi connectivity index (χ0v) is 21.8. The molecule has 3 rings (SSSR count). The smallest absolute Gasteiger partial charge is 0.305 e. The van der Waals surface area contributed by atoms with Gasteiger partial charge in [-0.2, -0.15) is 0 Å². The number of benzene rings is 1. The van der Waals surface area contributed by atoms with Crippen molar-refractivity contribution in [2.75, 3.05) is 24.8 Å². The predicted molar refractivity (Wildman–Crippen MR) is 131 cm³/mol. The van der Waals surface area contributed by atoms with Crippen LogP contribution in [0.5, 0.6) is 0 Å². The van der Waals surface area contributed by atoms with E-state index in [9.17, 15) is 26.6 Å². The maximum atomic E-state index is 13.8. The first-order valence-electron chi connectivity index (χ1n) is 11.3. The molecular weight excluding hydrogens is 515 g/mol. The highest BCUT2D eigenvalue weighted by Crippen LogP contribution is 2.45. The van der Waals surface area contributed by atoms with E-state index in [1.807, 2.05) is 0 Å². The molecule has 0 bridgehead atoms. The largest absolute Gasteiger partial charge is 0.381 e. The van der Waals surface area contributed by atoms with E-state index in [0.29, 0.717) is 5.56 Å². The molecule has 1 aromatic heterocycles. The molecule has 0 aliphatic heterocycles. The molecule has 1 heterocycles. The van der Waals surface area contributed by atoms with Crippen LogP contribution in [0.15, 0.2) is 47.6 Å². The van der Waals surface area contributed by atoms with E-state index in [-0.39, 0.29) is 47.8 Å². The minimum absolute atomic E-state index is 0.0229. The molecule has 1 unspecified atom stereocenters. The zero-order valence-electron chi connectivity index (χ0n) is 20.1. The molecule has 9 nitrogen and oxygen atoms in total. The van der Waals surface area contributed by atoms with Gasteiger partial charge in [0.15, 0.2) is 21.1 Å². The van der Waals surface area contributed by atoms with Crippen LogP contribution in [0.25, 0.3) is 5.57 Å². The number of anilines is 1. The Labute approximate surface area is 208 Å². The molecule has 1 aliphatic rings. The molecule has 0 radical (unpaired) electrons. The standard InChI is InChI=1S/C23H28F2N3O6PS/c1-4-33-35(30,34-5-2)22-14-26-21(13-27-22)28-23(29)18(10-15-11-19(24)20(25)12-15)16-6-8-17(9-7-16)36(3,31)32/h6-10,13-15,19-20H,4-5,11-12H2,1-3H3,(H,26,28,29)/b18-10+/t15?,19-,20+. The molecule has 1 aromatic carbocycles. The summed E-state index contributed by atoms with van der Waals surface area (Å²) >= 11 is 0. The molecule has 0 spiro atoms. The van der Waals surface area contributed by atoms with Crippen LogP contribution in [0.4, 0.5) is 14.6 Å². The summed E-state index contributed by atoms with van der Waals surface area (Å²) in [4.78, 5) is 21.4. The van der Waals surface area contributed by atoms with E-state index in [1.54, 1.807) is 13.8 Å². The Kier molecular flexibility index (Phi) is 9.10. The number of nitrogens with zero attached hydrogens (tertiary/aromatic N) is 2. The van der Waals surface area contributed by atoms with Crippen LogP contribution in [0.3, 0.4) is 0 Å². The fourth-order valence-electron chi connectivity index (χ4n) is 3.75. The van der Waals surface area contributed by atoms with Gasteiger partial charge in [-0.1, -0.05) is 18.2 Å². The van der Waals surface area contributed by atoms with Crippen molar-refractivity contribution in [3.05, 3.63) is 48.3 Å². The number of hydrogen-bond donors (Lipinski definition) is 1. The van der Waals surface area contributed by atoms with Crippen LogP contribution >= 0.6 is 7.60 Å². The van der Waals surface area contributed by atoms with Crippen LogP contribution in [-0.2, 0) is 28.2 Å². The van der Waals surface area contributed by atoms with Crippen LogP contribution in [0.1, 0.15) is 32.3 Å². The summed E-state index contributed by atoms with van der Waals surface area (Å²) in [5.41, 5.74) is 0.436. The first-order chi connectivity index (χ1) is 17.0. The number of allylic oxidation sites excluding steroid dienone is 1. The summed E-state index contributed by atoms with van der Waals surface area (Å²) in [6.45, 7) is 3.57. The highest BCUT2D eigenvalue weighted by atomic mass is 32.2. The van der Waals surface area contributed by atoms with Crippen molar-refractivity contribution >= 4 is 40.2 Å². The van der Waals surface area contributed by atoms with Gasteiger partial charge < -0.3 is 14.4 Å². The molecule has 2 aromatic rings. The van der Waals surface area contributed by atoms with Crippen LogP contribution in [-0.4, -0.2) is 56.1 Å². The topological polar surface area (TPSA) is 125 Å². The van der Waals surface area contributed by atoms with E-state index in [0.717, 1.165) is 6.26 Å². The Hall–Kier alpha value is -2.53. The van der Waals surface area contributed by atoms with E-state index in [1.165, 1.54) is 42.7 Å². The molecule has 196 valence electrons. The minimum Gasteiger partial charge on any atom is -0.305 e. The van der Waals surface area contributed by atoms with Crippen molar-refractivity contribution in [3.63, 3.8) is 0 Å². The molecule has 1 amide bonds. The number of aromatic nitrogens is 2. The van der Waals surface area contributed by atoms with Gasteiger partial charge in [-0.15, -0.1) is 0 Å². The van der Waals surface area contributed by atoms with E-state index >= 15 is 0 Å². The lowest BCUT2D eigenvalue weighted by Gasteiger charge is -2.16. The number of amides is 1. The Morgan fingerprint density at radius 1 is 1.08 bits per heavy atom. The third-order valence-electron chi connectivity index (χ3n) is 5.45. The van der Waals surface area contributed by atoms with E-state index in [4.69, 9.17) is 9.05 Å². The maximum absolute atomic E-state index is 13.8. The third kappa shape index (κ3) is 6.82. The number of rotatable bonds is 10. The summed E-state index contributed by atoms with van der Waals surface area (Å²) in [6, 6.07) is 5.60. The highest BCUT2D eigenvalue weighted by molar-refractivity contribution is 7.90. The fraction of sp³-hybridized carbons (Fsp3) is 0.435. The van der Waals surface area contributed by atoms with Gasteiger partial charge in [-0.3, -0.25) is 9.36 Å². The molecule has 1 saturated carbocycles. The van der Waals surface area contributed by atoms with Gasteiger partial charge in [0.2, 0.25) is 0 Å². The molecule has 3 atom stereocenters. The lowest BCUT2D eigenvalue weighted by molar-refractivity contribution is -0.111. The minimum atomic E-state index is -3.66. The molecule has 36 heavy (non-hydrogen) atoms. The predicted octanol–water partition coefficient (Wildman–Crippen LogP) is 3.88. The van der Waals surface area contributed by atoms with Crippen molar-refractivity contribution in [3.8, 4) is 0 Å². The zero-order chi connectivity index (χ0) is 26.5. The summed E-state index contributed by atoms with van der Waals surface area (Å²) in [7, 11) is -7.12. The average Bonchev–Trinajstić information content (AvgIpc) is 3.14. The van der Waals surface area contributed by atoms with Crippen LogP contribution in [0, 0.1) is 5.92 Å². The lowest BCUT2D eigenvalue weighted by Crippen LogP contribution is -2.19. The molecule has 0 saturated heterocycles. The number of alkyl halides is 2. The van der Waals surface area contributed by atoms with E-state index < -0.39 is 41.6 Å². The SMILES string of the molecule is CCOP(=O)(OCC)c1cnc(NC(=O)/C(=C/C2C[C@@H](F)[C@@H](F)C2)c2ccc(S(C)(=O)=O)cc2)cn1. The van der Waals surface area contributed by atoms with Crippen molar-refractivity contribution in [2.45, 2.75) is 43.9 Å². The Morgan fingerprint density at radius 3 is 2.14 bits per heavy atom. The Bertz CT molecular complexity index is 1240. The van der Waals surface area contributed by atoms with Crippen molar-refractivity contribution < 1.29 is 35.6 Å². The summed E-state index contributed by atoms with van der Waals surface area (Å²) < 4.78 is 74.4. The van der Waals surface area contributed by atoms with Gasteiger partial charge in [0.1, 0.15) is 12.3 Å². The summed E-state index contributed by atoms with van der Waals surface area (Å²) in [5, 5.41) is 2.57. The maximum Gasteiger partial charge on any atom is 0.381 e. The molecular formula is C23H28F2N3O6PS. The molecule has 13 heteroatoms. The van der Waals surface area contributed by atoms with Crippen LogP contribution < -0.4 is 10.8 Å². The number of hydrogen-bond acceptors (Lipinski definition) is 8. The second-order valence-electron chi connectivity index (χ2n) is 8.19. The Balaban J connectivity index is 1.88.